The summed E-state index contributed by atoms with van der Waals surface area (Å²) in [5.41, 5.74) is 6.57. The Kier molecular flexibility index (Phi) is 4.53. The van der Waals surface area contributed by atoms with Gasteiger partial charge in [-0.05, 0) is 37.3 Å². The minimum Gasteiger partial charge on any atom is -0.382 e. The van der Waals surface area contributed by atoms with Crippen LogP contribution in [0.3, 0.4) is 0 Å². The number of aromatic nitrogens is 3. The van der Waals surface area contributed by atoms with Gasteiger partial charge in [-0.3, -0.25) is 9.97 Å². The zero-order valence-corrected chi connectivity index (χ0v) is 13.5. The average Bonchev–Trinajstić information content (AvgIpc) is 2.58. The molecule has 0 bridgehead atoms. The maximum atomic E-state index is 12.7. The number of nitrogens with zero attached hydrogens (tertiary/aromatic N) is 4. The Labute approximate surface area is 135 Å². The van der Waals surface area contributed by atoms with Crippen molar-refractivity contribution >= 4 is 15.8 Å². The lowest BCUT2D eigenvalue weighted by Crippen LogP contribution is -2.40. The third kappa shape index (κ3) is 3.48. The molecule has 7 nitrogen and oxygen atoms in total. The van der Waals surface area contributed by atoms with E-state index in [0.29, 0.717) is 25.3 Å². The second-order valence-electron chi connectivity index (χ2n) is 5.65. The first-order valence-electron chi connectivity index (χ1n) is 7.53. The van der Waals surface area contributed by atoms with Crippen molar-refractivity contribution in [2.24, 2.45) is 5.92 Å². The molecular weight excluding hydrogens is 314 g/mol. The summed E-state index contributed by atoms with van der Waals surface area (Å²) in [5, 5.41) is 0. The maximum Gasteiger partial charge on any atom is 0.244 e. The van der Waals surface area contributed by atoms with Crippen molar-refractivity contribution in [3.63, 3.8) is 0 Å². The third-order valence-electron chi connectivity index (χ3n) is 4.04. The van der Waals surface area contributed by atoms with E-state index in [9.17, 15) is 8.42 Å². The molecule has 3 heterocycles. The first-order valence-corrected chi connectivity index (χ1v) is 8.97. The largest absolute Gasteiger partial charge is 0.382 e. The number of anilines is 1. The predicted octanol–water partition coefficient (Wildman–Crippen LogP) is 1.10. The summed E-state index contributed by atoms with van der Waals surface area (Å²) in [5.74, 6) is 0.605. The number of rotatable bonds is 4. The molecule has 1 atom stereocenters. The number of pyridine rings is 1. The molecule has 0 amide bonds. The number of hydrogen-bond acceptors (Lipinski definition) is 6. The number of sulfonamides is 1. The van der Waals surface area contributed by atoms with Gasteiger partial charge in [0, 0.05) is 37.9 Å². The fourth-order valence-corrected chi connectivity index (χ4v) is 4.39. The van der Waals surface area contributed by atoms with Gasteiger partial charge in [0.15, 0.2) is 0 Å². The highest BCUT2D eigenvalue weighted by Gasteiger charge is 2.30. The molecule has 3 rings (SSSR count). The normalized spacial score (nSPS) is 19.6. The zero-order valence-electron chi connectivity index (χ0n) is 12.7. The molecule has 0 spiro atoms. The van der Waals surface area contributed by atoms with E-state index in [2.05, 4.69) is 15.0 Å². The van der Waals surface area contributed by atoms with E-state index < -0.39 is 10.0 Å². The monoisotopic (exact) mass is 333 g/mol. The molecule has 1 aliphatic heterocycles. The highest BCUT2D eigenvalue weighted by atomic mass is 32.2. The molecule has 1 aliphatic rings. The van der Waals surface area contributed by atoms with E-state index >= 15 is 0 Å². The second kappa shape index (κ2) is 6.59. The zero-order chi connectivity index (χ0) is 16.3. The first kappa shape index (κ1) is 15.8. The van der Waals surface area contributed by atoms with E-state index in [-0.39, 0.29) is 10.8 Å². The summed E-state index contributed by atoms with van der Waals surface area (Å²) in [4.78, 5) is 12.4. The molecule has 2 aromatic rings. The summed E-state index contributed by atoms with van der Waals surface area (Å²) in [6.07, 6.45) is 8.53. The minimum absolute atomic E-state index is 0.189. The Balaban J connectivity index is 1.75. The smallest absolute Gasteiger partial charge is 0.244 e. The van der Waals surface area contributed by atoms with Crippen LogP contribution in [0.1, 0.15) is 18.5 Å². The van der Waals surface area contributed by atoms with Crippen LogP contribution in [-0.4, -0.2) is 40.8 Å². The Morgan fingerprint density at radius 3 is 2.83 bits per heavy atom. The van der Waals surface area contributed by atoms with Crippen LogP contribution in [-0.2, 0) is 16.4 Å². The first-order chi connectivity index (χ1) is 11.1. The number of hydrogen-bond donors (Lipinski definition) is 1. The van der Waals surface area contributed by atoms with Crippen LogP contribution < -0.4 is 5.73 Å². The molecule has 1 saturated heterocycles. The van der Waals surface area contributed by atoms with E-state index in [1.807, 2.05) is 0 Å². The second-order valence-corrected chi connectivity index (χ2v) is 7.59. The van der Waals surface area contributed by atoms with E-state index in [1.54, 1.807) is 30.7 Å². The van der Waals surface area contributed by atoms with Gasteiger partial charge in [0.25, 0.3) is 0 Å². The van der Waals surface area contributed by atoms with Crippen molar-refractivity contribution in [3.05, 3.63) is 42.6 Å². The molecule has 2 aromatic heterocycles. The Bertz CT molecular complexity index is 766. The van der Waals surface area contributed by atoms with Crippen LogP contribution in [0.15, 0.2) is 41.8 Å². The van der Waals surface area contributed by atoms with Gasteiger partial charge in [-0.25, -0.2) is 13.4 Å². The maximum absolute atomic E-state index is 12.7. The van der Waals surface area contributed by atoms with Crippen LogP contribution in [0.2, 0.25) is 0 Å². The van der Waals surface area contributed by atoms with Gasteiger partial charge in [-0.15, -0.1) is 0 Å². The Morgan fingerprint density at radius 1 is 1.26 bits per heavy atom. The van der Waals surface area contributed by atoms with Gasteiger partial charge in [-0.1, -0.05) is 0 Å². The fourth-order valence-electron chi connectivity index (χ4n) is 2.87. The molecule has 2 N–H and O–H groups in total. The predicted molar refractivity (Wildman–Crippen MR) is 85.9 cm³/mol. The molecule has 0 radical (unpaired) electrons. The lowest BCUT2D eigenvalue weighted by atomic mass is 9.94. The van der Waals surface area contributed by atoms with Gasteiger partial charge in [0.2, 0.25) is 10.0 Å². The highest BCUT2D eigenvalue weighted by Crippen LogP contribution is 2.26. The molecule has 0 aromatic carbocycles. The summed E-state index contributed by atoms with van der Waals surface area (Å²) in [6, 6.07) is 3.21. The van der Waals surface area contributed by atoms with Crippen molar-refractivity contribution in [3.8, 4) is 0 Å². The van der Waals surface area contributed by atoms with Crippen LogP contribution in [0.25, 0.3) is 0 Å². The van der Waals surface area contributed by atoms with Crippen molar-refractivity contribution in [2.75, 3.05) is 18.8 Å². The SMILES string of the molecule is Nc1nccnc1CC1CCCN(S(=O)(=O)c2cccnc2)C1. The van der Waals surface area contributed by atoms with E-state index in [1.165, 1.54) is 10.5 Å². The van der Waals surface area contributed by atoms with Gasteiger partial charge in [0.05, 0.1) is 5.69 Å². The third-order valence-corrected chi connectivity index (χ3v) is 5.89. The Hall–Kier alpha value is -2.06. The van der Waals surface area contributed by atoms with E-state index in [0.717, 1.165) is 18.5 Å². The van der Waals surface area contributed by atoms with Crippen molar-refractivity contribution in [2.45, 2.75) is 24.2 Å². The average molecular weight is 333 g/mol. The lowest BCUT2D eigenvalue weighted by Gasteiger charge is -2.31. The van der Waals surface area contributed by atoms with Crippen LogP contribution >= 0.6 is 0 Å². The van der Waals surface area contributed by atoms with E-state index in [4.69, 9.17) is 5.73 Å². The summed E-state index contributed by atoms with van der Waals surface area (Å²) in [6.45, 7) is 0.997. The fraction of sp³-hybridized carbons (Fsp3) is 0.400. The summed E-state index contributed by atoms with van der Waals surface area (Å²) >= 11 is 0. The van der Waals surface area contributed by atoms with Gasteiger partial charge in [0.1, 0.15) is 10.7 Å². The quantitative estimate of drug-likeness (QED) is 0.899. The summed E-state index contributed by atoms with van der Waals surface area (Å²) < 4.78 is 26.9. The molecule has 0 aliphatic carbocycles. The van der Waals surface area contributed by atoms with Crippen molar-refractivity contribution in [1.82, 2.24) is 19.3 Å². The van der Waals surface area contributed by atoms with Gasteiger partial charge < -0.3 is 5.73 Å². The van der Waals surface area contributed by atoms with Gasteiger partial charge in [-0.2, -0.15) is 4.31 Å². The van der Waals surface area contributed by atoms with Crippen molar-refractivity contribution < 1.29 is 8.42 Å². The standard InChI is InChI=1S/C15H19N5O2S/c16-15-14(18-6-7-19-15)9-12-3-2-8-20(11-12)23(21,22)13-4-1-5-17-10-13/h1,4-7,10,12H,2-3,8-9,11H2,(H2,16,19). The van der Waals surface area contributed by atoms with Crippen molar-refractivity contribution in [1.29, 1.82) is 0 Å². The van der Waals surface area contributed by atoms with Gasteiger partial charge >= 0.3 is 0 Å². The molecule has 1 fully saturated rings. The lowest BCUT2D eigenvalue weighted by molar-refractivity contribution is 0.264. The molecule has 0 saturated carbocycles. The van der Waals surface area contributed by atoms with Crippen LogP contribution in [0.4, 0.5) is 5.82 Å². The number of nitrogens with two attached hydrogens (primary N) is 1. The molecule has 122 valence electrons. The molecule has 8 heteroatoms. The van der Waals surface area contributed by atoms with Crippen LogP contribution in [0, 0.1) is 5.92 Å². The molecular formula is C15H19N5O2S. The topological polar surface area (TPSA) is 102 Å². The highest BCUT2D eigenvalue weighted by molar-refractivity contribution is 7.89. The van der Waals surface area contributed by atoms with Crippen LogP contribution in [0.5, 0.6) is 0 Å². The number of nitrogen functional groups attached to an aromatic ring is 1. The molecule has 1 unspecified atom stereocenters. The summed E-state index contributed by atoms with van der Waals surface area (Å²) in [7, 11) is -3.49. The Morgan fingerprint density at radius 2 is 2.09 bits per heavy atom. The molecule has 23 heavy (non-hydrogen) atoms. The number of piperidine rings is 1. The minimum atomic E-state index is -3.49.